The maximum absolute atomic E-state index is 5.88. The molecule has 0 saturated carbocycles. The normalized spacial score (nSPS) is 16.2. The molecular formula is C16H26ClNO. The number of halogens is 1. The monoisotopic (exact) mass is 283 g/mol. The van der Waals surface area contributed by atoms with Gasteiger partial charge < -0.3 is 10.1 Å². The minimum Gasteiger partial charge on any atom is -0.494 e. The zero-order valence-electron chi connectivity index (χ0n) is 12.0. The molecule has 1 aromatic carbocycles. The van der Waals surface area contributed by atoms with Gasteiger partial charge >= 0.3 is 0 Å². The second-order valence-electron chi connectivity index (χ2n) is 5.56. The molecule has 1 heterocycles. The van der Waals surface area contributed by atoms with Crippen molar-refractivity contribution in [2.24, 2.45) is 5.92 Å². The van der Waals surface area contributed by atoms with Crippen LogP contribution in [0.25, 0.3) is 0 Å². The molecule has 0 unspecified atom stereocenters. The van der Waals surface area contributed by atoms with Gasteiger partial charge in [-0.3, -0.25) is 0 Å². The molecule has 0 amide bonds. The summed E-state index contributed by atoms with van der Waals surface area (Å²) in [5.74, 6) is 2.44. The van der Waals surface area contributed by atoms with Crippen molar-refractivity contribution in [3.05, 3.63) is 29.8 Å². The molecule has 1 aliphatic rings. The van der Waals surface area contributed by atoms with E-state index in [-0.39, 0.29) is 12.4 Å². The highest BCUT2D eigenvalue weighted by molar-refractivity contribution is 5.85. The first-order valence-corrected chi connectivity index (χ1v) is 7.19. The lowest BCUT2D eigenvalue weighted by atomic mass is 9.95. The van der Waals surface area contributed by atoms with Crippen LogP contribution in [0, 0.1) is 5.92 Å². The van der Waals surface area contributed by atoms with E-state index < -0.39 is 0 Å². The quantitative estimate of drug-likeness (QED) is 0.882. The Morgan fingerprint density at radius 3 is 2.68 bits per heavy atom. The standard InChI is InChI=1S/C16H25NO.ClH/c1-13(2)15-4-3-5-16(12-15)18-11-8-14-6-9-17-10-7-14;/h3-5,12-14,17H,6-11H2,1-2H3;1H. The smallest absolute Gasteiger partial charge is 0.119 e. The third-order valence-corrected chi connectivity index (χ3v) is 3.78. The summed E-state index contributed by atoms with van der Waals surface area (Å²) in [6, 6.07) is 8.50. The number of ether oxygens (including phenoxy) is 1. The molecule has 1 aliphatic heterocycles. The molecule has 0 atom stereocenters. The number of rotatable bonds is 5. The number of piperidine rings is 1. The Morgan fingerprint density at radius 2 is 2.00 bits per heavy atom. The molecule has 2 rings (SSSR count). The van der Waals surface area contributed by atoms with E-state index in [1.54, 1.807) is 0 Å². The highest BCUT2D eigenvalue weighted by Gasteiger charge is 2.12. The summed E-state index contributed by atoms with van der Waals surface area (Å²) in [6.45, 7) is 7.63. The SMILES string of the molecule is CC(C)c1cccc(OCCC2CCNCC2)c1.Cl. The largest absolute Gasteiger partial charge is 0.494 e. The van der Waals surface area contributed by atoms with Gasteiger partial charge in [-0.25, -0.2) is 0 Å². The Bertz CT molecular complexity index is 362. The number of benzene rings is 1. The summed E-state index contributed by atoms with van der Waals surface area (Å²) in [4.78, 5) is 0. The second kappa shape index (κ2) is 8.44. The van der Waals surface area contributed by atoms with Crippen LogP contribution in [-0.4, -0.2) is 19.7 Å². The number of nitrogens with one attached hydrogen (secondary N) is 1. The Labute approximate surface area is 123 Å². The minimum absolute atomic E-state index is 0. The maximum atomic E-state index is 5.88. The minimum atomic E-state index is 0. The van der Waals surface area contributed by atoms with Crippen LogP contribution in [0.15, 0.2) is 24.3 Å². The molecule has 1 aromatic rings. The highest BCUT2D eigenvalue weighted by Crippen LogP contribution is 2.21. The molecular weight excluding hydrogens is 258 g/mol. The van der Waals surface area contributed by atoms with Gasteiger partial charge in [0, 0.05) is 0 Å². The van der Waals surface area contributed by atoms with E-state index >= 15 is 0 Å². The zero-order valence-corrected chi connectivity index (χ0v) is 12.8. The van der Waals surface area contributed by atoms with Crippen LogP contribution in [0.5, 0.6) is 5.75 Å². The van der Waals surface area contributed by atoms with Gasteiger partial charge in [0.05, 0.1) is 6.61 Å². The molecule has 0 bridgehead atoms. The van der Waals surface area contributed by atoms with Gasteiger partial charge in [-0.05, 0) is 61.9 Å². The van der Waals surface area contributed by atoms with Crippen molar-refractivity contribution in [2.75, 3.05) is 19.7 Å². The second-order valence-corrected chi connectivity index (χ2v) is 5.56. The lowest BCUT2D eigenvalue weighted by Gasteiger charge is -2.22. The summed E-state index contributed by atoms with van der Waals surface area (Å²) in [7, 11) is 0. The van der Waals surface area contributed by atoms with Crippen LogP contribution >= 0.6 is 12.4 Å². The highest BCUT2D eigenvalue weighted by atomic mass is 35.5. The lowest BCUT2D eigenvalue weighted by molar-refractivity contribution is 0.251. The molecule has 1 fully saturated rings. The summed E-state index contributed by atoms with van der Waals surface area (Å²) < 4.78 is 5.88. The Balaban J connectivity index is 0.00000180. The van der Waals surface area contributed by atoms with Crippen molar-refractivity contribution in [3.8, 4) is 5.75 Å². The van der Waals surface area contributed by atoms with Gasteiger partial charge in [-0.1, -0.05) is 26.0 Å². The van der Waals surface area contributed by atoms with Crippen molar-refractivity contribution in [2.45, 2.75) is 39.0 Å². The Hall–Kier alpha value is -0.730. The molecule has 108 valence electrons. The van der Waals surface area contributed by atoms with E-state index in [1.807, 2.05) is 0 Å². The van der Waals surface area contributed by atoms with Crippen LogP contribution < -0.4 is 10.1 Å². The molecule has 2 nitrogen and oxygen atoms in total. The molecule has 0 radical (unpaired) electrons. The van der Waals surface area contributed by atoms with E-state index in [0.717, 1.165) is 18.3 Å². The van der Waals surface area contributed by atoms with Crippen molar-refractivity contribution >= 4 is 12.4 Å². The fourth-order valence-corrected chi connectivity index (χ4v) is 2.48. The molecule has 1 N–H and O–H groups in total. The van der Waals surface area contributed by atoms with E-state index in [1.165, 1.54) is 37.9 Å². The fraction of sp³-hybridized carbons (Fsp3) is 0.625. The fourth-order valence-electron chi connectivity index (χ4n) is 2.48. The Morgan fingerprint density at radius 1 is 1.26 bits per heavy atom. The van der Waals surface area contributed by atoms with Gasteiger partial charge in [0.1, 0.15) is 5.75 Å². The summed E-state index contributed by atoms with van der Waals surface area (Å²) in [5, 5.41) is 3.40. The third-order valence-electron chi connectivity index (χ3n) is 3.78. The first-order chi connectivity index (χ1) is 8.75. The summed E-state index contributed by atoms with van der Waals surface area (Å²) in [5.41, 5.74) is 1.36. The van der Waals surface area contributed by atoms with E-state index in [2.05, 4.69) is 43.4 Å². The molecule has 3 heteroatoms. The number of hydrogen-bond acceptors (Lipinski definition) is 2. The Kier molecular flexibility index (Phi) is 7.25. The zero-order chi connectivity index (χ0) is 12.8. The predicted molar refractivity (Wildman–Crippen MR) is 83.5 cm³/mol. The van der Waals surface area contributed by atoms with Crippen LogP contribution in [0.2, 0.25) is 0 Å². The first-order valence-electron chi connectivity index (χ1n) is 7.19. The van der Waals surface area contributed by atoms with Gasteiger partial charge in [0.15, 0.2) is 0 Å². The van der Waals surface area contributed by atoms with Crippen molar-refractivity contribution in [1.82, 2.24) is 5.32 Å². The van der Waals surface area contributed by atoms with Gasteiger partial charge in [0.25, 0.3) is 0 Å². The van der Waals surface area contributed by atoms with Crippen molar-refractivity contribution in [1.29, 1.82) is 0 Å². The predicted octanol–water partition coefficient (Wildman–Crippen LogP) is 4.00. The van der Waals surface area contributed by atoms with Crippen LogP contribution in [0.4, 0.5) is 0 Å². The lowest BCUT2D eigenvalue weighted by Crippen LogP contribution is -2.28. The summed E-state index contributed by atoms with van der Waals surface area (Å²) >= 11 is 0. The van der Waals surface area contributed by atoms with E-state index in [9.17, 15) is 0 Å². The molecule has 0 spiro atoms. The van der Waals surface area contributed by atoms with Crippen LogP contribution in [0.1, 0.15) is 44.6 Å². The van der Waals surface area contributed by atoms with Gasteiger partial charge in [0.2, 0.25) is 0 Å². The third kappa shape index (κ3) is 5.42. The van der Waals surface area contributed by atoms with E-state index in [0.29, 0.717) is 5.92 Å². The van der Waals surface area contributed by atoms with Crippen LogP contribution in [0.3, 0.4) is 0 Å². The van der Waals surface area contributed by atoms with E-state index in [4.69, 9.17) is 4.74 Å². The van der Waals surface area contributed by atoms with Crippen LogP contribution in [-0.2, 0) is 0 Å². The molecule has 1 saturated heterocycles. The average Bonchev–Trinajstić information content (AvgIpc) is 2.40. The van der Waals surface area contributed by atoms with Gasteiger partial charge in [-0.2, -0.15) is 0 Å². The maximum Gasteiger partial charge on any atom is 0.119 e. The van der Waals surface area contributed by atoms with Crippen molar-refractivity contribution < 1.29 is 4.74 Å². The topological polar surface area (TPSA) is 21.3 Å². The molecule has 0 aliphatic carbocycles. The van der Waals surface area contributed by atoms with Crippen molar-refractivity contribution in [3.63, 3.8) is 0 Å². The summed E-state index contributed by atoms with van der Waals surface area (Å²) in [6.07, 6.45) is 3.79. The first kappa shape index (κ1) is 16.3. The van der Waals surface area contributed by atoms with Gasteiger partial charge in [-0.15, -0.1) is 12.4 Å². The number of hydrogen-bond donors (Lipinski definition) is 1. The molecule has 19 heavy (non-hydrogen) atoms. The average molecular weight is 284 g/mol. The molecule has 0 aromatic heterocycles.